The second kappa shape index (κ2) is 6.13. The fourth-order valence-corrected chi connectivity index (χ4v) is 1.77. The number of carbonyl (C=O) groups is 1. The van der Waals surface area contributed by atoms with Crippen molar-refractivity contribution < 1.29 is 23.1 Å². The number of aliphatic hydroxyl groups is 1. The monoisotopic (exact) mass is 353 g/mol. The highest BCUT2D eigenvalue weighted by Gasteiger charge is 2.31. The zero-order valence-electron chi connectivity index (χ0n) is 11.0. The zero-order valence-corrected chi connectivity index (χ0v) is 12.6. The summed E-state index contributed by atoms with van der Waals surface area (Å²) in [4.78, 5) is 11.9. The van der Waals surface area contributed by atoms with Crippen LogP contribution in [0.25, 0.3) is 0 Å². The highest BCUT2D eigenvalue weighted by Crippen LogP contribution is 2.31. The van der Waals surface area contributed by atoms with Crippen LogP contribution in [-0.2, 0) is 6.18 Å². The van der Waals surface area contributed by atoms with Gasteiger partial charge in [-0.15, -0.1) is 0 Å². The molecular weight excluding hydrogens is 339 g/mol. The van der Waals surface area contributed by atoms with E-state index in [-0.39, 0.29) is 23.2 Å². The van der Waals surface area contributed by atoms with Gasteiger partial charge in [-0.05, 0) is 34.1 Å². The maximum absolute atomic E-state index is 12.6. The Balaban J connectivity index is 2.93. The molecule has 0 aromatic heterocycles. The first-order valence-electron chi connectivity index (χ1n) is 5.82. The molecule has 112 valence electrons. The van der Waals surface area contributed by atoms with Crippen molar-refractivity contribution >= 4 is 21.8 Å². The van der Waals surface area contributed by atoms with Crippen molar-refractivity contribution in [3.05, 3.63) is 33.8 Å². The van der Waals surface area contributed by atoms with Crippen molar-refractivity contribution in [1.29, 1.82) is 0 Å². The van der Waals surface area contributed by atoms with Crippen molar-refractivity contribution in [1.82, 2.24) is 5.32 Å². The van der Waals surface area contributed by atoms with Crippen LogP contribution < -0.4 is 5.32 Å². The summed E-state index contributed by atoms with van der Waals surface area (Å²) in [5.41, 5.74) is -1.51. The van der Waals surface area contributed by atoms with Gasteiger partial charge < -0.3 is 10.4 Å². The summed E-state index contributed by atoms with van der Waals surface area (Å²) in [6.45, 7) is 3.48. The van der Waals surface area contributed by atoms with E-state index in [9.17, 15) is 18.0 Å². The van der Waals surface area contributed by atoms with Gasteiger partial charge in [0.25, 0.3) is 5.91 Å². The quantitative estimate of drug-likeness (QED) is 0.873. The van der Waals surface area contributed by atoms with Crippen LogP contribution >= 0.6 is 15.9 Å². The highest BCUT2D eigenvalue weighted by atomic mass is 79.9. The molecule has 0 unspecified atom stereocenters. The molecule has 0 aliphatic rings. The van der Waals surface area contributed by atoms with E-state index in [1.54, 1.807) is 13.8 Å². The smallest absolute Gasteiger partial charge is 0.396 e. The standard InChI is InChI=1S/C13H15BrF3NO2/c1-12(2,7-19)6-18-11(20)9-5-8(13(15,16)17)3-4-10(9)14/h3-5,19H,6-7H2,1-2H3,(H,18,20). The third-order valence-corrected chi connectivity index (χ3v) is 3.39. The number of aliphatic hydroxyl groups excluding tert-OH is 1. The molecule has 3 nitrogen and oxygen atoms in total. The summed E-state index contributed by atoms with van der Waals surface area (Å²) in [7, 11) is 0. The normalized spacial score (nSPS) is 12.3. The maximum atomic E-state index is 12.6. The van der Waals surface area contributed by atoms with Gasteiger partial charge in [0.1, 0.15) is 0 Å². The second-order valence-corrected chi connectivity index (χ2v) is 6.05. The molecule has 0 fully saturated rings. The predicted molar refractivity (Wildman–Crippen MR) is 72.3 cm³/mol. The second-order valence-electron chi connectivity index (χ2n) is 5.20. The molecule has 0 aliphatic carbocycles. The molecule has 20 heavy (non-hydrogen) atoms. The average molecular weight is 354 g/mol. The summed E-state index contributed by atoms with van der Waals surface area (Å²) in [5, 5.41) is 11.6. The summed E-state index contributed by atoms with van der Waals surface area (Å²) in [5.74, 6) is -0.621. The fraction of sp³-hybridized carbons (Fsp3) is 0.462. The molecule has 0 saturated carbocycles. The number of rotatable bonds is 4. The van der Waals surface area contributed by atoms with Crippen LogP contribution in [0.5, 0.6) is 0 Å². The molecule has 7 heteroatoms. The zero-order chi connectivity index (χ0) is 15.6. The van der Waals surface area contributed by atoms with E-state index in [2.05, 4.69) is 21.2 Å². The lowest BCUT2D eigenvalue weighted by Gasteiger charge is -2.22. The SMILES string of the molecule is CC(C)(CO)CNC(=O)c1cc(C(F)(F)F)ccc1Br. The summed E-state index contributed by atoms with van der Waals surface area (Å²) < 4.78 is 38.1. The lowest BCUT2D eigenvalue weighted by molar-refractivity contribution is -0.137. The van der Waals surface area contributed by atoms with Crippen LogP contribution in [0.1, 0.15) is 29.8 Å². The van der Waals surface area contributed by atoms with E-state index in [4.69, 9.17) is 5.11 Å². The molecule has 1 amide bonds. The molecule has 0 bridgehead atoms. The van der Waals surface area contributed by atoms with Gasteiger partial charge in [0, 0.05) is 23.0 Å². The van der Waals surface area contributed by atoms with Gasteiger partial charge in [-0.25, -0.2) is 0 Å². The Morgan fingerprint density at radius 1 is 1.35 bits per heavy atom. The summed E-state index contributed by atoms with van der Waals surface area (Å²) >= 11 is 3.06. The van der Waals surface area contributed by atoms with E-state index in [1.807, 2.05) is 0 Å². The van der Waals surface area contributed by atoms with Gasteiger partial charge in [0.2, 0.25) is 0 Å². The molecule has 0 spiro atoms. The van der Waals surface area contributed by atoms with E-state index >= 15 is 0 Å². The molecule has 2 N–H and O–H groups in total. The van der Waals surface area contributed by atoms with Gasteiger partial charge in [0.15, 0.2) is 0 Å². The van der Waals surface area contributed by atoms with E-state index < -0.39 is 23.1 Å². The number of carbonyl (C=O) groups excluding carboxylic acids is 1. The molecule has 0 atom stereocenters. The van der Waals surface area contributed by atoms with Gasteiger partial charge in [-0.2, -0.15) is 13.2 Å². The number of hydrogen-bond acceptors (Lipinski definition) is 2. The lowest BCUT2D eigenvalue weighted by Crippen LogP contribution is -2.36. The predicted octanol–water partition coefficient (Wildman–Crippen LogP) is 3.22. The first kappa shape index (κ1) is 17.0. The Hall–Kier alpha value is -1.08. The minimum Gasteiger partial charge on any atom is -0.396 e. The number of alkyl halides is 3. The largest absolute Gasteiger partial charge is 0.416 e. The van der Waals surface area contributed by atoms with Crippen LogP contribution in [0.2, 0.25) is 0 Å². The van der Waals surface area contributed by atoms with Crippen molar-refractivity contribution in [2.75, 3.05) is 13.2 Å². The molecular formula is C13H15BrF3NO2. The van der Waals surface area contributed by atoms with Crippen LogP contribution in [0.15, 0.2) is 22.7 Å². The van der Waals surface area contributed by atoms with E-state index in [0.29, 0.717) is 0 Å². The van der Waals surface area contributed by atoms with E-state index in [0.717, 1.165) is 12.1 Å². The number of benzene rings is 1. The Morgan fingerprint density at radius 3 is 2.45 bits per heavy atom. The molecule has 1 aromatic rings. The molecule has 0 saturated heterocycles. The molecule has 1 aromatic carbocycles. The first-order valence-corrected chi connectivity index (χ1v) is 6.62. The third-order valence-electron chi connectivity index (χ3n) is 2.69. The van der Waals surface area contributed by atoms with Gasteiger partial charge in [0.05, 0.1) is 11.1 Å². The Bertz CT molecular complexity index is 501. The molecule has 0 radical (unpaired) electrons. The van der Waals surface area contributed by atoms with Gasteiger partial charge in [-0.3, -0.25) is 4.79 Å². The van der Waals surface area contributed by atoms with Gasteiger partial charge in [-0.1, -0.05) is 13.8 Å². The molecule has 0 heterocycles. The van der Waals surface area contributed by atoms with Crippen LogP contribution in [0.4, 0.5) is 13.2 Å². The Kier molecular flexibility index (Phi) is 5.21. The minimum absolute atomic E-state index is 0.0893. The Labute approximate surface area is 123 Å². The third kappa shape index (κ3) is 4.49. The number of nitrogens with one attached hydrogen (secondary N) is 1. The minimum atomic E-state index is -4.50. The summed E-state index contributed by atoms with van der Waals surface area (Å²) in [6, 6.07) is 2.89. The van der Waals surface area contributed by atoms with Crippen molar-refractivity contribution in [2.45, 2.75) is 20.0 Å². The maximum Gasteiger partial charge on any atom is 0.416 e. The average Bonchev–Trinajstić information content (AvgIpc) is 2.35. The fourth-order valence-electron chi connectivity index (χ4n) is 1.35. The summed E-state index contributed by atoms with van der Waals surface area (Å²) in [6.07, 6.45) is -4.50. The highest BCUT2D eigenvalue weighted by molar-refractivity contribution is 9.10. The van der Waals surface area contributed by atoms with Crippen molar-refractivity contribution in [3.63, 3.8) is 0 Å². The topological polar surface area (TPSA) is 49.3 Å². The van der Waals surface area contributed by atoms with Crippen LogP contribution in [0, 0.1) is 5.41 Å². The number of hydrogen-bond donors (Lipinski definition) is 2. The lowest BCUT2D eigenvalue weighted by atomic mass is 9.95. The number of halogens is 4. The van der Waals surface area contributed by atoms with Crippen molar-refractivity contribution in [2.24, 2.45) is 5.41 Å². The molecule has 0 aliphatic heterocycles. The number of amides is 1. The van der Waals surface area contributed by atoms with Crippen LogP contribution in [-0.4, -0.2) is 24.2 Å². The Morgan fingerprint density at radius 2 is 1.95 bits per heavy atom. The molecule has 1 rings (SSSR count). The van der Waals surface area contributed by atoms with E-state index in [1.165, 1.54) is 6.07 Å². The van der Waals surface area contributed by atoms with Crippen molar-refractivity contribution in [3.8, 4) is 0 Å². The van der Waals surface area contributed by atoms with Gasteiger partial charge >= 0.3 is 6.18 Å². The van der Waals surface area contributed by atoms with Crippen LogP contribution in [0.3, 0.4) is 0 Å². The first-order chi connectivity index (χ1) is 9.07.